The van der Waals surface area contributed by atoms with Crippen LogP contribution in [0.5, 0.6) is 0 Å². The Kier molecular flexibility index (Phi) is 11.0. The highest BCUT2D eigenvalue weighted by molar-refractivity contribution is 5.75. The first-order valence-corrected chi connectivity index (χ1v) is 6.40. The normalized spacial score (nSPS) is 12.1. The van der Waals surface area contributed by atoms with Crippen molar-refractivity contribution >= 4 is 5.91 Å². The number of hydrogen-bond acceptors (Lipinski definition) is 3. The van der Waals surface area contributed by atoms with Crippen LogP contribution < -0.4 is 11.1 Å². The smallest absolute Gasteiger partial charge is 0.220 e. The number of carbonyl (C=O) groups excluding carboxylic acids is 1. The molecule has 0 saturated carbocycles. The quantitative estimate of drug-likeness (QED) is 0.426. The van der Waals surface area contributed by atoms with Crippen molar-refractivity contribution in [2.45, 2.75) is 32.6 Å². The van der Waals surface area contributed by atoms with Gasteiger partial charge in [-0.1, -0.05) is 19.4 Å². The summed E-state index contributed by atoms with van der Waals surface area (Å²) in [5.41, 5.74) is 5.51. The number of nitrogens with two attached hydrogens (primary N) is 1. The van der Waals surface area contributed by atoms with Crippen LogP contribution in [0.2, 0.25) is 0 Å². The van der Waals surface area contributed by atoms with Crippen LogP contribution in [0.3, 0.4) is 0 Å². The number of nitrogens with one attached hydrogen (secondary N) is 1. The predicted molar refractivity (Wildman–Crippen MR) is 70.7 cm³/mol. The first-order valence-electron chi connectivity index (χ1n) is 6.40. The van der Waals surface area contributed by atoms with Crippen LogP contribution in [0, 0.1) is 5.92 Å². The van der Waals surface area contributed by atoms with E-state index in [0.29, 0.717) is 38.6 Å². The lowest BCUT2D eigenvalue weighted by Gasteiger charge is -2.13. The summed E-state index contributed by atoms with van der Waals surface area (Å²) in [6, 6.07) is 0. The zero-order valence-corrected chi connectivity index (χ0v) is 10.9. The van der Waals surface area contributed by atoms with E-state index in [1.54, 1.807) is 6.08 Å². The maximum absolute atomic E-state index is 11.5. The lowest BCUT2D eigenvalue weighted by Crippen LogP contribution is -2.27. The first kappa shape index (κ1) is 16.1. The van der Waals surface area contributed by atoms with E-state index < -0.39 is 0 Å². The lowest BCUT2D eigenvalue weighted by molar-refractivity contribution is -0.121. The highest BCUT2D eigenvalue weighted by Gasteiger charge is 2.08. The largest absolute Gasteiger partial charge is 0.376 e. The molecule has 0 aliphatic heterocycles. The van der Waals surface area contributed by atoms with Crippen molar-refractivity contribution in [1.29, 1.82) is 0 Å². The Bertz CT molecular complexity index is 208. The third kappa shape index (κ3) is 10.0. The molecule has 0 fully saturated rings. The predicted octanol–water partition coefficient (Wildman–Crippen LogP) is 1.46. The summed E-state index contributed by atoms with van der Waals surface area (Å²) in [5, 5.41) is 2.83. The summed E-state index contributed by atoms with van der Waals surface area (Å²) >= 11 is 0. The number of amides is 1. The van der Waals surface area contributed by atoms with Crippen LogP contribution in [0.25, 0.3) is 0 Å². The fourth-order valence-corrected chi connectivity index (χ4v) is 1.64. The van der Waals surface area contributed by atoms with E-state index in [1.165, 1.54) is 0 Å². The molecule has 1 amide bonds. The summed E-state index contributed by atoms with van der Waals surface area (Å²) in [7, 11) is 0. The first-order chi connectivity index (χ1) is 8.24. The van der Waals surface area contributed by atoms with Crippen LogP contribution >= 0.6 is 0 Å². The highest BCUT2D eigenvalue weighted by atomic mass is 16.5. The molecule has 0 saturated heterocycles. The van der Waals surface area contributed by atoms with Crippen molar-refractivity contribution in [3.8, 4) is 0 Å². The van der Waals surface area contributed by atoms with Crippen molar-refractivity contribution in [3.05, 3.63) is 12.7 Å². The minimum Gasteiger partial charge on any atom is -0.376 e. The van der Waals surface area contributed by atoms with Gasteiger partial charge in [-0.05, 0) is 25.3 Å². The average molecular weight is 242 g/mol. The SMILES string of the molecule is C=CCOCCNC(=O)CCC(CC)CCN. The van der Waals surface area contributed by atoms with Crippen molar-refractivity contribution in [1.82, 2.24) is 5.32 Å². The summed E-state index contributed by atoms with van der Waals surface area (Å²) in [6.45, 7) is 8.03. The van der Waals surface area contributed by atoms with Crippen LogP contribution in [0.1, 0.15) is 32.6 Å². The molecular weight excluding hydrogens is 216 g/mol. The minimum atomic E-state index is 0.0997. The number of ether oxygens (including phenoxy) is 1. The molecule has 100 valence electrons. The van der Waals surface area contributed by atoms with Gasteiger partial charge in [-0.15, -0.1) is 6.58 Å². The van der Waals surface area contributed by atoms with E-state index in [1.807, 2.05) is 0 Å². The molecular formula is C13H26N2O2. The van der Waals surface area contributed by atoms with E-state index in [0.717, 1.165) is 19.3 Å². The molecule has 0 aromatic heterocycles. The highest BCUT2D eigenvalue weighted by Crippen LogP contribution is 2.13. The van der Waals surface area contributed by atoms with Crippen molar-refractivity contribution in [2.24, 2.45) is 11.7 Å². The standard InChI is InChI=1S/C13H26N2O2/c1-3-10-17-11-9-15-13(16)6-5-12(4-2)7-8-14/h3,12H,1,4-11,14H2,2H3,(H,15,16). The average Bonchev–Trinajstić information content (AvgIpc) is 2.34. The summed E-state index contributed by atoms with van der Waals surface area (Å²) in [6.07, 6.45) is 5.30. The van der Waals surface area contributed by atoms with E-state index in [9.17, 15) is 4.79 Å². The number of carbonyl (C=O) groups is 1. The van der Waals surface area contributed by atoms with E-state index in [2.05, 4.69) is 18.8 Å². The lowest BCUT2D eigenvalue weighted by atomic mass is 9.96. The molecule has 4 heteroatoms. The molecule has 0 rings (SSSR count). The van der Waals surface area contributed by atoms with Crippen molar-refractivity contribution in [3.63, 3.8) is 0 Å². The third-order valence-corrected chi connectivity index (χ3v) is 2.74. The van der Waals surface area contributed by atoms with Gasteiger partial charge in [-0.25, -0.2) is 0 Å². The summed E-state index contributed by atoms with van der Waals surface area (Å²) in [4.78, 5) is 11.5. The number of hydrogen-bond donors (Lipinski definition) is 2. The van der Waals surface area contributed by atoms with Crippen molar-refractivity contribution in [2.75, 3.05) is 26.3 Å². The van der Waals surface area contributed by atoms with Crippen LogP contribution in [0.4, 0.5) is 0 Å². The third-order valence-electron chi connectivity index (χ3n) is 2.74. The second-order valence-corrected chi connectivity index (χ2v) is 4.10. The van der Waals surface area contributed by atoms with E-state index >= 15 is 0 Å². The Hall–Kier alpha value is -0.870. The second-order valence-electron chi connectivity index (χ2n) is 4.10. The van der Waals surface area contributed by atoms with Gasteiger partial charge in [0.25, 0.3) is 0 Å². The molecule has 3 N–H and O–H groups in total. The molecule has 4 nitrogen and oxygen atoms in total. The van der Waals surface area contributed by atoms with Crippen LogP contribution in [-0.2, 0) is 9.53 Å². The van der Waals surface area contributed by atoms with E-state index in [4.69, 9.17) is 10.5 Å². The van der Waals surface area contributed by atoms with Gasteiger partial charge >= 0.3 is 0 Å². The van der Waals surface area contributed by atoms with Gasteiger partial charge in [0.05, 0.1) is 13.2 Å². The molecule has 0 aliphatic rings. The number of rotatable bonds is 11. The Balaban J connectivity index is 3.47. The maximum Gasteiger partial charge on any atom is 0.220 e. The molecule has 0 heterocycles. The van der Waals surface area contributed by atoms with Crippen molar-refractivity contribution < 1.29 is 9.53 Å². The van der Waals surface area contributed by atoms with Gasteiger partial charge in [-0.2, -0.15) is 0 Å². The molecule has 17 heavy (non-hydrogen) atoms. The van der Waals surface area contributed by atoms with Crippen LogP contribution in [-0.4, -0.2) is 32.2 Å². The molecule has 0 radical (unpaired) electrons. The zero-order valence-electron chi connectivity index (χ0n) is 10.9. The van der Waals surface area contributed by atoms with Gasteiger partial charge in [0.2, 0.25) is 5.91 Å². The molecule has 0 bridgehead atoms. The molecule has 0 aliphatic carbocycles. The monoisotopic (exact) mass is 242 g/mol. The molecule has 1 unspecified atom stereocenters. The topological polar surface area (TPSA) is 64.3 Å². The second kappa shape index (κ2) is 11.6. The molecule has 1 atom stereocenters. The summed E-state index contributed by atoms with van der Waals surface area (Å²) in [5.74, 6) is 0.672. The molecule has 0 aromatic carbocycles. The van der Waals surface area contributed by atoms with Gasteiger partial charge in [0, 0.05) is 13.0 Å². The van der Waals surface area contributed by atoms with E-state index in [-0.39, 0.29) is 5.91 Å². The molecule has 0 spiro atoms. The fourth-order valence-electron chi connectivity index (χ4n) is 1.64. The van der Waals surface area contributed by atoms with Crippen LogP contribution in [0.15, 0.2) is 12.7 Å². The maximum atomic E-state index is 11.5. The van der Waals surface area contributed by atoms with Gasteiger partial charge in [0.1, 0.15) is 0 Å². The van der Waals surface area contributed by atoms with Gasteiger partial charge < -0.3 is 15.8 Å². The Morgan fingerprint density at radius 2 is 2.29 bits per heavy atom. The Morgan fingerprint density at radius 3 is 2.88 bits per heavy atom. The van der Waals surface area contributed by atoms with Gasteiger partial charge in [-0.3, -0.25) is 4.79 Å². The summed E-state index contributed by atoms with van der Waals surface area (Å²) < 4.78 is 5.17. The zero-order chi connectivity index (χ0) is 12.9. The van der Waals surface area contributed by atoms with Gasteiger partial charge in [0.15, 0.2) is 0 Å². The molecule has 0 aromatic rings. The minimum absolute atomic E-state index is 0.0997. The fraction of sp³-hybridized carbons (Fsp3) is 0.769. The Morgan fingerprint density at radius 1 is 1.53 bits per heavy atom. The Labute approximate surface area is 105 Å².